The lowest BCUT2D eigenvalue weighted by Gasteiger charge is -2.22. The van der Waals surface area contributed by atoms with Gasteiger partial charge < -0.3 is 14.0 Å². The number of hydrogen-bond acceptors (Lipinski definition) is 6. The minimum absolute atomic E-state index is 0.371. The Morgan fingerprint density at radius 2 is 1.64 bits per heavy atom. The number of aryl methyl sites for hydroxylation is 1. The van der Waals surface area contributed by atoms with E-state index in [0.29, 0.717) is 18.5 Å². The fraction of sp³-hybridized carbons (Fsp3) is 0.312. The Balaban J connectivity index is 1.29. The number of rotatable bonds is 8. The molecule has 5 aromatic rings. The predicted octanol–water partition coefficient (Wildman–Crippen LogP) is 6.88. The van der Waals surface area contributed by atoms with Crippen molar-refractivity contribution in [1.29, 1.82) is 0 Å². The molecule has 198 valence electrons. The van der Waals surface area contributed by atoms with Crippen LogP contribution < -0.4 is 9.47 Å². The van der Waals surface area contributed by atoms with Crippen LogP contribution in [0.25, 0.3) is 22.2 Å². The number of aromatic nitrogens is 5. The first-order chi connectivity index (χ1) is 19.2. The smallest absolute Gasteiger partial charge is 0.316 e. The van der Waals surface area contributed by atoms with Crippen molar-refractivity contribution in [2.45, 2.75) is 58.1 Å². The molecule has 39 heavy (non-hydrogen) atoms. The Morgan fingerprint density at radius 3 is 2.36 bits per heavy atom. The Morgan fingerprint density at radius 1 is 0.846 bits per heavy atom. The van der Waals surface area contributed by atoms with Gasteiger partial charge in [0.25, 0.3) is 0 Å². The zero-order chi connectivity index (χ0) is 26.6. The van der Waals surface area contributed by atoms with E-state index < -0.39 is 0 Å². The molecule has 3 aromatic heterocycles. The number of nitrogens with zero attached hydrogens (tertiary/aromatic N) is 5. The lowest BCUT2D eigenvalue weighted by molar-refractivity contribution is 0.301. The van der Waals surface area contributed by atoms with Crippen LogP contribution in [0.15, 0.2) is 73.2 Å². The summed E-state index contributed by atoms with van der Waals surface area (Å²) in [5, 5.41) is 0. The van der Waals surface area contributed by atoms with Crippen LogP contribution >= 0.6 is 0 Å². The van der Waals surface area contributed by atoms with Crippen LogP contribution in [-0.2, 0) is 13.2 Å². The number of benzene rings is 2. The largest absolute Gasteiger partial charge is 0.487 e. The summed E-state index contributed by atoms with van der Waals surface area (Å²) in [6.07, 6.45) is 11.7. The van der Waals surface area contributed by atoms with E-state index in [9.17, 15) is 0 Å². The maximum atomic E-state index is 6.16. The molecule has 0 radical (unpaired) electrons. The minimum atomic E-state index is 0.371. The van der Waals surface area contributed by atoms with Gasteiger partial charge in [-0.25, -0.2) is 15.0 Å². The van der Waals surface area contributed by atoms with Crippen molar-refractivity contribution in [2.24, 2.45) is 0 Å². The third-order valence-corrected chi connectivity index (χ3v) is 7.52. The van der Waals surface area contributed by atoms with Gasteiger partial charge in [-0.05, 0) is 54.7 Å². The van der Waals surface area contributed by atoms with Crippen LogP contribution in [0.3, 0.4) is 0 Å². The number of methoxy groups -OCH3 is 1. The van der Waals surface area contributed by atoms with Crippen LogP contribution in [0, 0.1) is 6.92 Å². The van der Waals surface area contributed by atoms with Crippen molar-refractivity contribution in [2.75, 3.05) is 7.11 Å². The fourth-order valence-electron chi connectivity index (χ4n) is 5.35. The average molecular weight is 520 g/mol. The summed E-state index contributed by atoms with van der Waals surface area (Å²) in [5.41, 5.74) is 7.44. The van der Waals surface area contributed by atoms with Gasteiger partial charge in [-0.3, -0.25) is 4.98 Å². The van der Waals surface area contributed by atoms with Crippen molar-refractivity contribution in [3.63, 3.8) is 0 Å². The molecule has 0 unspecified atom stereocenters. The van der Waals surface area contributed by atoms with Crippen molar-refractivity contribution < 1.29 is 9.47 Å². The summed E-state index contributed by atoms with van der Waals surface area (Å²) in [7, 11) is 1.57. The van der Waals surface area contributed by atoms with Gasteiger partial charge in [0, 0.05) is 42.7 Å². The highest BCUT2D eigenvalue weighted by Crippen LogP contribution is 2.35. The number of pyridine rings is 1. The van der Waals surface area contributed by atoms with Crippen LogP contribution in [-0.4, -0.2) is 31.6 Å². The summed E-state index contributed by atoms with van der Waals surface area (Å²) >= 11 is 0. The third kappa shape index (κ3) is 5.62. The Kier molecular flexibility index (Phi) is 7.21. The van der Waals surface area contributed by atoms with Gasteiger partial charge >= 0.3 is 6.01 Å². The van der Waals surface area contributed by atoms with Gasteiger partial charge in [-0.15, -0.1) is 0 Å². The first-order valence-corrected chi connectivity index (χ1v) is 13.7. The molecule has 1 aliphatic rings. The predicted molar refractivity (Wildman–Crippen MR) is 152 cm³/mol. The highest BCUT2D eigenvalue weighted by atomic mass is 16.5. The van der Waals surface area contributed by atoms with Crippen LogP contribution in [0.2, 0.25) is 0 Å². The molecule has 2 aromatic carbocycles. The molecule has 0 spiro atoms. The highest BCUT2D eigenvalue weighted by Gasteiger charge is 2.23. The quantitative estimate of drug-likeness (QED) is 0.222. The molecule has 1 fully saturated rings. The second kappa shape index (κ2) is 11.2. The monoisotopic (exact) mass is 519 g/mol. The number of imidazole rings is 1. The fourth-order valence-corrected chi connectivity index (χ4v) is 5.35. The van der Waals surface area contributed by atoms with Gasteiger partial charge in [-0.2, -0.15) is 0 Å². The van der Waals surface area contributed by atoms with Crippen molar-refractivity contribution in [1.82, 2.24) is 24.5 Å². The highest BCUT2D eigenvalue weighted by molar-refractivity contribution is 5.78. The Labute approximate surface area is 228 Å². The number of hydrogen-bond donors (Lipinski definition) is 0. The molecule has 3 heterocycles. The van der Waals surface area contributed by atoms with E-state index in [1.807, 2.05) is 25.3 Å². The molecule has 0 bridgehead atoms. The van der Waals surface area contributed by atoms with E-state index in [2.05, 4.69) is 62.0 Å². The van der Waals surface area contributed by atoms with Gasteiger partial charge in [0.1, 0.15) is 18.2 Å². The molecule has 0 atom stereocenters. The minimum Gasteiger partial charge on any atom is -0.487 e. The molecular weight excluding hydrogens is 486 g/mol. The standard InChI is InChI=1S/C32H33N5O2/c1-22-8-13-27(33-17-22)21-39-28-14-15-29-30(16-28)37(31(36-29)25-6-4-3-5-7-25)20-23-9-11-24(12-10-23)26-18-34-32(38-2)35-19-26/h8-19,25H,3-7,20-21H2,1-2H3. The SMILES string of the molecule is COc1ncc(-c2ccc(Cn3c(C4CCCCC4)nc4ccc(OCc5ccc(C)cn5)cc43)cc2)cn1. The molecule has 0 amide bonds. The summed E-state index contributed by atoms with van der Waals surface area (Å²) in [4.78, 5) is 18.1. The van der Waals surface area contributed by atoms with E-state index >= 15 is 0 Å². The zero-order valence-electron chi connectivity index (χ0n) is 22.5. The maximum absolute atomic E-state index is 6.16. The van der Waals surface area contributed by atoms with Crippen molar-refractivity contribution in [3.8, 4) is 22.9 Å². The molecule has 1 saturated carbocycles. The third-order valence-electron chi connectivity index (χ3n) is 7.52. The first kappa shape index (κ1) is 25.0. The second-order valence-corrected chi connectivity index (χ2v) is 10.3. The van der Waals surface area contributed by atoms with Crippen LogP contribution in [0.5, 0.6) is 11.8 Å². The molecule has 1 aliphatic carbocycles. The molecule has 7 nitrogen and oxygen atoms in total. The topological polar surface area (TPSA) is 75.0 Å². The summed E-state index contributed by atoms with van der Waals surface area (Å²) < 4.78 is 13.6. The molecule has 6 rings (SSSR count). The van der Waals surface area contributed by atoms with Crippen LogP contribution in [0.4, 0.5) is 0 Å². The maximum Gasteiger partial charge on any atom is 0.316 e. The summed E-state index contributed by atoms with van der Waals surface area (Å²) in [5.74, 6) is 2.51. The molecule has 0 aliphatic heterocycles. The van der Waals surface area contributed by atoms with Crippen LogP contribution in [0.1, 0.15) is 60.7 Å². The van der Waals surface area contributed by atoms with Gasteiger partial charge in [0.15, 0.2) is 0 Å². The second-order valence-electron chi connectivity index (χ2n) is 10.3. The summed E-state index contributed by atoms with van der Waals surface area (Å²) in [6.45, 7) is 3.23. The van der Waals surface area contributed by atoms with Gasteiger partial charge in [0.2, 0.25) is 0 Å². The molecule has 7 heteroatoms. The van der Waals surface area contributed by atoms with Gasteiger partial charge in [0.05, 0.1) is 23.8 Å². The summed E-state index contributed by atoms with van der Waals surface area (Å²) in [6, 6.07) is 19.3. The van der Waals surface area contributed by atoms with Crippen molar-refractivity contribution in [3.05, 3.63) is 95.8 Å². The van der Waals surface area contributed by atoms with E-state index in [-0.39, 0.29) is 0 Å². The van der Waals surface area contributed by atoms with E-state index in [1.165, 1.54) is 43.5 Å². The van der Waals surface area contributed by atoms with E-state index in [0.717, 1.165) is 45.7 Å². The molecular formula is C32H33N5O2. The van der Waals surface area contributed by atoms with Gasteiger partial charge in [-0.1, -0.05) is 49.6 Å². The molecule has 0 saturated heterocycles. The Bertz CT molecular complexity index is 1540. The number of fused-ring (bicyclic) bond motifs is 1. The van der Waals surface area contributed by atoms with E-state index in [4.69, 9.17) is 14.5 Å². The average Bonchev–Trinajstić information content (AvgIpc) is 3.35. The normalized spacial score (nSPS) is 14.0. The lowest BCUT2D eigenvalue weighted by atomic mass is 9.88. The Hall–Kier alpha value is -4.26. The van der Waals surface area contributed by atoms with E-state index in [1.54, 1.807) is 19.5 Å². The zero-order valence-corrected chi connectivity index (χ0v) is 22.5. The first-order valence-electron chi connectivity index (χ1n) is 13.7. The number of ether oxygens (including phenoxy) is 2. The molecule has 0 N–H and O–H groups in total. The lowest BCUT2D eigenvalue weighted by Crippen LogP contribution is -2.13. The van der Waals surface area contributed by atoms with Crippen molar-refractivity contribution >= 4 is 11.0 Å².